The van der Waals surface area contributed by atoms with Crippen LogP contribution >= 0.6 is 11.3 Å². The van der Waals surface area contributed by atoms with Crippen LogP contribution in [0.3, 0.4) is 0 Å². The molecule has 0 unspecified atom stereocenters. The van der Waals surface area contributed by atoms with E-state index in [2.05, 4.69) is 245 Å². The second kappa shape index (κ2) is 15.6. The molecule has 0 saturated heterocycles. The number of hydrogen-bond donors (Lipinski definition) is 0. The Labute approximate surface area is 441 Å². The minimum absolute atomic E-state index is 0.0286. The van der Waals surface area contributed by atoms with Crippen molar-refractivity contribution < 1.29 is 0 Å². The van der Waals surface area contributed by atoms with Crippen molar-refractivity contribution in [2.45, 2.75) is 161 Å². The van der Waals surface area contributed by atoms with Crippen molar-refractivity contribution in [1.82, 2.24) is 0 Å². The molecule has 5 aliphatic rings. The van der Waals surface area contributed by atoms with Crippen molar-refractivity contribution in [3.8, 4) is 22.3 Å². The molecule has 0 fully saturated rings. The standard InChI is InChI=1S/C69H73BN2S/c1-42-34-58-61-59(35-42)72(56-39-52-49(64(2,3)28-31-67(52,8)9)36-47(56)45-22-18-15-19-23-45)57-40-53-51(66(6,7)30-32-68(53,10)11)38-55(57)70(61)63-62(71(58)46-26-24-44(25-27-46)43-20-16-14-17-21-43)48-37-50-54(41-60(48)73-63)69(12,13)33-29-65(50,4)5/h14-27,34-41H,28-33H2,1-13H3. The number of rotatable bonds is 4. The number of nitrogens with zero attached hydrogens (tertiary/aromatic N) is 2. The molecule has 73 heavy (non-hydrogen) atoms. The fourth-order valence-electron chi connectivity index (χ4n) is 14.3. The Morgan fingerprint density at radius 3 is 1.40 bits per heavy atom. The van der Waals surface area contributed by atoms with Crippen LogP contribution in [-0.4, -0.2) is 6.71 Å². The van der Waals surface area contributed by atoms with Crippen molar-refractivity contribution in [2.24, 2.45) is 0 Å². The maximum absolute atomic E-state index is 2.77. The lowest BCUT2D eigenvalue weighted by molar-refractivity contribution is 0.332. The molecule has 1 aromatic heterocycles. The third-order valence-electron chi connectivity index (χ3n) is 19.3. The summed E-state index contributed by atoms with van der Waals surface area (Å²) in [7, 11) is 0. The zero-order valence-electron chi connectivity index (χ0n) is 45.8. The van der Waals surface area contributed by atoms with E-state index in [0.717, 1.165) is 6.42 Å². The topological polar surface area (TPSA) is 6.48 Å². The lowest BCUT2D eigenvalue weighted by atomic mass is 9.35. The molecule has 0 atom stereocenters. The van der Waals surface area contributed by atoms with Crippen LogP contribution in [0.2, 0.25) is 0 Å². The Morgan fingerprint density at radius 1 is 0.411 bits per heavy atom. The van der Waals surface area contributed by atoms with Crippen LogP contribution in [0.4, 0.5) is 34.1 Å². The van der Waals surface area contributed by atoms with E-state index >= 15 is 0 Å². The highest BCUT2D eigenvalue weighted by molar-refractivity contribution is 7.33. The summed E-state index contributed by atoms with van der Waals surface area (Å²) in [4.78, 5) is 5.47. The van der Waals surface area contributed by atoms with E-state index in [0.29, 0.717) is 0 Å². The van der Waals surface area contributed by atoms with Gasteiger partial charge >= 0.3 is 0 Å². The minimum atomic E-state index is 0.0286. The van der Waals surface area contributed by atoms with Crippen molar-refractivity contribution >= 4 is 78.0 Å². The highest BCUT2D eigenvalue weighted by atomic mass is 32.1. The van der Waals surface area contributed by atoms with E-state index in [9.17, 15) is 0 Å². The summed E-state index contributed by atoms with van der Waals surface area (Å²) < 4.78 is 2.86. The van der Waals surface area contributed by atoms with Crippen molar-refractivity contribution in [3.05, 3.63) is 172 Å². The highest BCUT2D eigenvalue weighted by Crippen LogP contribution is 2.57. The molecule has 3 aliphatic carbocycles. The first kappa shape index (κ1) is 46.9. The second-order valence-corrected chi connectivity index (χ2v) is 28.1. The Morgan fingerprint density at radius 2 is 0.849 bits per heavy atom. The molecule has 0 spiro atoms. The van der Waals surface area contributed by atoms with Crippen molar-refractivity contribution in [2.75, 3.05) is 9.80 Å². The lowest BCUT2D eigenvalue weighted by Crippen LogP contribution is -2.61. The third-order valence-corrected chi connectivity index (χ3v) is 20.5. The Bertz CT molecular complexity index is 3590. The Hall–Kier alpha value is -5.84. The normalized spacial score (nSPS) is 19.8. The summed E-state index contributed by atoms with van der Waals surface area (Å²) in [5, 5.41) is 1.39. The number of thiophene rings is 1. The quantitative estimate of drug-likeness (QED) is 0.162. The molecule has 0 radical (unpaired) electrons. The van der Waals surface area contributed by atoms with Gasteiger partial charge in [0, 0.05) is 43.2 Å². The summed E-state index contributed by atoms with van der Waals surface area (Å²) in [6, 6.07) is 52.8. The van der Waals surface area contributed by atoms with E-state index in [1.165, 1.54) is 153 Å². The van der Waals surface area contributed by atoms with Crippen LogP contribution in [0, 0.1) is 6.92 Å². The van der Waals surface area contributed by atoms with E-state index in [1.807, 2.05) is 0 Å². The van der Waals surface area contributed by atoms with Gasteiger partial charge in [-0.3, -0.25) is 0 Å². The van der Waals surface area contributed by atoms with Gasteiger partial charge in [-0.2, -0.15) is 0 Å². The van der Waals surface area contributed by atoms with Crippen LogP contribution in [0.5, 0.6) is 0 Å². The predicted molar refractivity (Wildman–Crippen MR) is 317 cm³/mol. The van der Waals surface area contributed by atoms with Crippen molar-refractivity contribution in [1.29, 1.82) is 0 Å². The van der Waals surface area contributed by atoms with Crippen LogP contribution in [-0.2, 0) is 32.5 Å². The average Bonchev–Trinajstić information content (AvgIpc) is 3.74. The van der Waals surface area contributed by atoms with Crippen LogP contribution in [0.1, 0.15) is 161 Å². The Kier molecular flexibility index (Phi) is 10.0. The van der Waals surface area contributed by atoms with E-state index in [4.69, 9.17) is 0 Å². The fraction of sp³-hybridized carbons (Fsp3) is 0.362. The maximum Gasteiger partial charge on any atom is 0.264 e. The predicted octanol–water partition coefficient (Wildman–Crippen LogP) is 17.7. The van der Waals surface area contributed by atoms with Crippen LogP contribution in [0.15, 0.2) is 133 Å². The highest BCUT2D eigenvalue weighted by Gasteiger charge is 2.49. The molecule has 2 aliphatic heterocycles. The molecule has 3 heterocycles. The molecule has 13 rings (SSSR count). The van der Waals surface area contributed by atoms with Crippen molar-refractivity contribution in [3.63, 3.8) is 0 Å². The first-order chi connectivity index (χ1) is 34.5. The molecule has 0 amide bonds. The van der Waals surface area contributed by atoms with Gasteiger partial charge in [-0.05, 0) is 199 Å². The van der Waals surface area contributed by atoms with Gasteiger partial charge in [-0.1, -0.05) is 162 Å². The van der Waals surface area contributed by atoms with E-state index in [-0.39, 0.29) is 39.2 Å². The number of anilines is 6. The zero-order chi connectivity index (χ0) is 50.9. The van der Waals surface area contributed by atoms with Crippen LogP contribution in [0.25, 0.3) is 32.3 Å². The number of aryl methyl sites for hydroxylation is 1. The van der Waals surface area contributed by atoms with Crippen LogP contribution < -0.4 is 25.5 Å². The summed E-state index contributed by atoms with van der Waals surface area (Å²) >= 11 is 2.07. The van der Waals surface area contributed by atoms with Gasteiger partial charge in [0.05, 0.1) is 11.4 Å². The lowest BCUT2D eigenvalue weighted by Gasteiger charge is -2.48. The third kappa shape index (κ3) is 7.01. The van der Waals surface area contributed by atoms with E-state index < -0.39 is 0 Å². The average molecular weight is 973 g/mol. The summed E-state index contributed by atoms with van der Waals surface area (Å²) in [5.41, 5.74) is 26.4. The summed E-state index contributed by atoms with van der Waals surface area (Å²) in [6.07, 6.45) is 7.07. The molecule has 7 aromatic carbocycles. The van der Waals surface area contributed by atoms with Gasteiger partial charge < -0.3 is 9.80 Å². The van der Waals surface area contributed by atoms with Gasteiger partial charge in [0.25, 0.3) is 6.71 Å². The maximum atomic E-state index is 2.77. The second-order valence-electron chi connectivity index (χ2n) is 27.0. The molecule has 8 aromatic rings. The molecular weight excluding hydrogens is 900 g/mol. The zero-order valence-corrected chi connectivity index (χ0v) is 46.6. The fourth-order valence-corrected chi connectivity index (χ4v) is 15.7. The molecule has 0 saturated carbocycles. The van der Waals surface area contributed by atoms with Gasteiger partial charge in [0.15, 0.2) is 0 Å². The van der Waals surface area contributed by atoms with E-state index in [1.54, 1.807) is 0 Å². The van der Waals surface area contributed by atoms with Gasteiger partial charge in [0.2, 0.25) is 0 Å². The van der Waals surface area contributed by atoms with Gasteiger partial charge in [0.1, 0.15) is 0 Å². The first-order valence-electron chi connectivity index (χ1n) is 27.5. The number of benzene rings is 7. The molecule has 0 N–H and O–H groups in total. The SMILES string of the molecule is Cc1cc2c3c(c1)N(c1ccc(-c4ccccc4)cc1)c1c(sc4cc5c(cc14)C(C)(C)CCC5(C)C)B3c1cc3c(cc1N2c1cc2c(cc1-c1ccccc1)C(C)(C)CCC2(C)C)C(C)(C)CCC3(C)C. The smallest absolute Gasteiger partial charge is 0.264 e. The van der Waals surface area contributed by atoms with Gasteiger partial charge in [-0.25, -0.2) is 0 Å². The molecule has 4 heteroatoms. The molecule has 368 valence electrons. The number of fused-ring (bicyclic) bond motifs is 9. The monoisotopic (exact) mass is 973 g/mol. The Balaban J connectivity index is 1.17. The number of hydrogen-bond acceptors (Lipinski definition) is 3. The molecular formula is C69H73BN2S. The largest absolute Gasteiger partial charge is 0.311 e. The molecule has 2 nitrogen and oxygen atoms in total. The molecule has 0 bridgehead atoms. The first-order valence-corrected chi connectivity index (χ1v) is 28.3. The summed E-state index contributed by atoms with van der Waals surface area (Å²) in [5.74, 6) is 0. The minimum Gasteiger partial charge on any atom is -0.311 e. The van der Waals surface area contributed by atoms with Gasteiger partial charge in [-0.15, -0.1) is 11.3 Å². The summed E-state index contributed by atoms with van der Waals surface area (Å²) in [6.45, 7) is 32.3.